The van der Waals surface area contributed by atoms with Crippen molar-refractivity contribution in [2.75, 3.05) is 0 Å². The van der Waals surface area contributed by atoms with E-state index < -0.39 is 10.0 Å². The second-order valence-corrected chi connectivity index (χ2v) is 5.68. The van der Waals surface area contributed by atoms with Gasteiger partial charge in [-0.1, -0.05) is 6.92 Å². The summed E-state index contributed by atoms with van der Waals surface area (Å²) in [6.07, 6.45) is 3.28. The summed E-state index contributed by atoms with van der Waals surface area (Å²) in [5.74, 6) is 0.410. The highest BCUT2D eigenvalue weighted by molar-refractivity contribution is 7.89. The molecule has 1 aliphatic rings. The van der Waals surface area contributed by atoms with Gasteiger partial charge in [0.25, 0.3) is 0 Å². The van der Waals surface area contributed by atoms with Gasteiger partial charge < -0.3 is 0 Å². The van der Waals surface area contributed by atoms with E-state index in [0.29, 0.717) is 5.92 Å². The molecule has 1 fully saturated rings. The first-order chi connectivity index (χ1) is 6.99. The number of halogens is 1. The highest BCUT2D eigenvalue weighted by Gasteiger charge is 2.36. The molecule has 2 rings (SSSR count). The highest BCUT2D eigenvalue weighted by atomic mass is 35.5. The van der Waals surface area contributed by atoms with Gasteiger partial charge in [0, 0.05) is 6.04 Å². The van der Waals surface area contributed by atoms with Crippen LogP contribution < -0.4 is 4.72 Å². The lowest BCUT2D eigenvalue weighted by molar-refractivity contribution is 0.577. The Labute approximate surface area is 92.9 Å². The zero-order valence-corrected chi connectivity index (χ0v) is 9.59. The Morgan fingerprint density at radius 2 is 2.00 bits per heavy atom. The van der Waals surface area contributed by atoms with Gasteiger partial charge in [-0.25, -0.2) is 23.1 Å². The molecule has 5 nitrogen and oxygen atoms in total. The molecular weight excluding hydrogens is 238 g/mol. The Kier molecular flexibility index (Phi) is 2.66. The molecule has 1 aliphatic carbocycles. The summed E-state index contributed by atoms with van der Waals surface area (Å²) in [5, 5.41) is 0.0359. The number of hydrogen-bond acceptors (Lipinski definition) is 4. The molecule has 82 valence electrons. The van der Waals surface area contributed by atoms with Gasteiger partial charge in [-0.05, 0) is 23.9 Å². The number of nitrogens with one attached hydrogen (secondary N) is 1. The van der Waals surface area contributed by atoms with E-state index in [1.807, 2.05) is 6.92 Å². The third-order valence-electron chi connectivity index (χ3n) is 2.32. The van der Waals surface area contributed by atoms with Gasteiger partial charge in [-0.2, -0.15) is 0 Å². The number of rotatable bonds is 3. The molecule has 1 N–H and O–H groups in total. The molecule has 0 amide bonds. The Morgan fingerprint density at radius 1 is 1.47 bits per heavy atom. The molecule has 0 aromatic carbocycles. The Balaban J connectivity index is 2.18. The van der Waals surface area contributed by atoms with E-state index in [-0.39, 0.29) is 16.2 Å². The van der Waals surface area contributed by atoms with Crippen LogP contribution in [0.3, 0.4) is 0 Å². The summed E-state index contributed by atoms with van der Waals surface area (Å²) >= 11 is 5.47. The smallest absolute Gasteiger partial charge is 0.225 e. The lowest BCUT2D eigenvalue weighted by Gasteiger charge is -2.04. The van der Waals surface area contributed by atoms with Crippen molar-refractivity contribution in [2.45, 2.75) is 24.3 Å². The van der Waals surface area contributed by atoms with Crippen LogP contribution in [0.2, 0.25) is 5.28 Å². The van der Waals surface area contributed by atoms with E-state index in [2.05, 4.69) is 14.7 Å². The maximum atomic E-state index is 11.7. The third-order valence-corrected chi connectivity index (χ3v) is 3.96. The molecular formula is C8H10ClN3O2S. The van der Waals surface area contributed by atoms with Gasteiger partial charge in [-0.15, -0.1) is 0 Å². The topological polar surface area (TPSA) is 72.0 Å². The van der Waals surface area contributed by atoms with Crippen molar-refractivity contribution in [3.63, 3.8) is 0 Å². The summed E-state index contributed by atoms with van der Waals surface area (Å²) in [6, 6.07) is 0.0469. The minimum atomic E-state index is -3.48. The van der Waals surface area contributed by atoms with Crippen LogP contribution in [-0.2, 0) is 10.0 Å². The summed E-state index contributed by atoms with van der Waals surface area (Å²) in [6.45, 7) is 1.99. The van der Waals surface area contributed by atoms with Crippen LogP contribution in [0.1, 0.15) is 13.3 Å². The van der Waals surface area contributed by atoms with Crippen LogP contribution in [0.4, 0.5) is 0 Å². The van der Waals surface area contributed by atoms with Crippen molar-refractivity contribution in [3.05, 3.63) is 17.7 Å². The average molecular weight is 248 g/mol. The third kappa shape index (κ3) is 2.45. The number of aromatic nitrogens is 2. The second kappa shape index (κ2) is 3.70. The molecule has 1 saturated carbocycles. The van der Waals surface area contributed by atoms with E-state index in [0.717, 1.165) is 6.42 Å². The van der Waals surface area contributed by atoms with Crippen LogP contribution in [0.5, 0.6) is 0 Å². The number of nitrogens with zero attached hydrogens (tertiary/aromatic N) is 2. The molecule has 1 aromatic heterocycles. The van der Waals surface area contributed by atoms with Crippen molar-refractivity contribution in [3.8, 4) is 0 Å². The van der Waals surface area contributed by atoms with E-state index in [1.165, 1.54) is 12.4 Å². The molecule has 2 atom stereocenters. The Morgan fingerprint density at radius 3 is 2.47 bits per heavy atom. The first-order valence-corrected chi connectivity index (χ1v) is 6.35. The number of hydrogen-bond donors (Lipinski definition) is 1. The van der Waals surface area contributed by atoms with Gasteiger partial charge in [-0.3, -0.25) is 0 Å². The highest BCUT2D eigenvalue weighted by Crippen LogP contribution is 2.30. The van der Waals surface area contributed by atoms with Crippen LogP contribution in [0, 0.1) is 5.92 Å². The minimum Gasteiger partial charge on any atom is -0.225 e. The van der Waals surface area contributed by atoms with Crippen LogP contribution >= 0.6 is 11.6 Å². The molecule has 1 aromatic rings. The lowest BCUT2D eigenvalue weighted by Crippen LogP contribution is -2.27. The summed E-state index contributed by atoms with van der Waals surface area (Å²) < 4.78 is 26.0. The molecule has 0 spiro atoms. The number of sulfonamides is 1. The SMILES string of the molecule is CC1CC1NS(=O)(=O)c1cnc(Cl)nc1. The van der Waals surface area contributed by atoms with Crippen molar-refractivity contribution >= 4 is 21.6 Å². The fourth-order valence-electron chi connectivity index (χ4n) is 1.19. The first kappa shape index (κ1) is 10.8. The first-order valence-electron chi connectivity index (χ1n) is 4.49. The molecule has 0 radical (unpaired) electrons. The summed E-state index contributed by atoms with van der Waals surface area (Å²) in [5.41, 5.74) is 0. The maximum absolute atomic E-state index is 11.7. The van der Waals surface area contributed by atoms with Crippen molar-refractivity contribution in [1.29, 1.82) is 0 Å². The van der Waals surface area contributed by atoms with Crippen molar-refractivity contribution in [1.82, 2.24) is 14.7 Å². The maximum Gasteiger partial charge on any atom is 0.243 e. The second-order valence-electron chi connectivity index (χ2n) is 3.63. The normalized spacial score (nSPS) is 25.2. The van der Waals surface area contributed by atoms with Gasteiger partial charge in [0.05, 0.1) is 12.4 Å². The molecule has 1 heterocycles. The van der Waals surface area contributed by atoms with E-state index in [9.17, 15) is 8.42 Å². The Hall–Kier alpha value is -0.720. The van der Waals surface area contributed by atoms with E-state index in [4.69, 9.17) is 11.6 Å². The van der Waals surface area contributed by atoms with Gasteiger partial charge in [0.15, 0.2) is 0 Å². The van der Waals surface area contributed by atoms with E-state index >= 15 is 0 Å². The average Bonchev–Trinajstić information content (AvgIpc) is 2.81. The summed E-state index contributed by atoms with van der Waals surface area (Å²) in [7, 11) is -3.48. The van der Waals surface area contributed by atoms with Crippen LogP contribution in [0.25, 0.3) is 0 Å². The van der Waals surface area contributed by atoms with Crippen molar-refractivity contribution < 1.29 is 8.42 Å². The Bertz CT molecular complexity index is 459. The van der Waals surface area contributed by atoms with E-state index in [1.54, 1.807) is 0 Å². The molecule has 7 heteroatoms. The van der Waals surface area contributed by atoms with Gasteiger partial charge in [0.2, 0.25) is 15.3 Å². The molecule has 0 saturated heterocycles. The fourth-order valence-corrected chi connectivity index (χ4v) is 2.54. The standard InChI is InChI=1S/C8H10ClN3O2S/c1-5-2-7(5)12-15(13,14)6-3-10-8(9)11-4-6/h3-5,7,12H,2H2,1H3. The monoisotopic (exact) mass is 247 g/mol. The fraction of sp³-hybridized carbons (Fsp3) is 0.500. The largest absolute Gasteiger partial charge is 0.243 e. The minimum absolute atomic E-state index is 0.0359. The van der Waals surface area contributed by atoms with Gasteiger partial charge in [0.1, 0.15) is 4.90 Å². The predicted octanol–water partition coefficient (Wildman–Crippen LogP) is 0.817. The van der Waals surface area contributed by atoms with Crippen LogP contribution in [0.15, 0.2) is 17.3 Å². The van der Waals surface area contributed by atoms with Gasteiger partial charge >= 0.3 is 0 Å². The zero-order chi connectivity index (χ0) is 11.1. The summed E-state index contributed by atoms with van der Waals surface area (Å²) in [4.78, 5) is 7.30. The lowest BCUT2D eigenvalue weighted by atomic mass is 10.5. The quantitative estimate of drug-likeness (QED) is 0.803. The zero-order valence-electron chi connectivity index (χ0n) is 8.01. The molecule has 0 bridgehead atoms. The predicted molar refractivity (Wildman–Crippen MR) is 54.9 cm³/mol. The molecule has 0 aliphatic heterocycles. The van der Waals surface area contributed by atoms with Crippen LogP contribution in [-0.4, -0.2) is 24.4 Å². The van der Waals surface area contributed by atoms with Crippen molar-refractivity contribution in [2.24, 2.45) is 5.92 Å². The molecule has 15 heavy (non-hydrogen) atoms. The molecule has 2 unspecified atom stereocenters.